The molecule has 0 fully saturated rings. The van der Waals surface area contributed by atoms with Gasteiger partial charge in [-0.1, -0.05) is 11.8 Å². The molecule has 5 heteroatoms. The molecule has 0 spiro atoms. The van der Waals surface area contributed by atoms with Crippen LogP contribution < -0.4 is 5.73 Å². The highest BCUT2D eigenvalue weighted by atomic mass is 32.2. The lowest BCUT2D eigenvalue weighted by Crippen LogP contribution is -2.07. The van der Waals surface area contributed by atoms with Crippen LogP contribution in [0.5, 0.6) is 0 Å². The highest BCUT2D eigenvalue weighted by Crippen LogP contribution is 2.31. The number of imidazole rings is 1. The fourth-order valence-electron chi connectivity index (χ4n) is 1.52. The Labute approximate surface area is 104 Å². The molecule has 3 nitrogen and oxygen atoms in total. The Morgan fingerprint density at radius 3 is 2.82 bits per heavy atom. The number of nitrogens with zero attached hydrogens (tertiary/aromatic N) is 2. The first kappa shape index (κ1) is 12.1. The van der Waals surface area contributed by atoms with Crippen LogP contribution in [0.15, 0.2) is 40.6 Å². The number of hydrogen-bond donors (Lipinski definition) is 1. The Hall–Kier alpha value is -1.33. The number of aryl methyl sites for hydroxylation is 1. The van der Waals surface area contributed by atoms with E-state index in [1.165, 1.54) is 23.9 Å². The van der Waals surface area contributed by atoms with Crippen molar-refractivity contribution in [3.63, 3.8) is 0 Å². The number of hydrogen-bond acceptors (Lipinski definition) is 3. The van der Waals surface area contributed by atoms with Crippen molar-refractivity contribution >= 4 is 11.8 Å². The van der Waals surface area contributed by atoms with Crippen LogP contribution in [0.3, 0.4) is 0 Å². The first-order valence-electron chi connectivity index (χ1n) is 5.28. The summed E-state index contributed by atoms with van der Waals surface area (Å²) >= 11 is 1.49. The van der Waals surface area contributed by atoms with Crippen molar-refractivity contribution in [3.8, 4) is 0 Å². The lowest BCUT2D eigenvalue weighted by molar-refractivity contribution is 0.619. The van der Waals surface area contributed by atoms with Crippen LogP contribution in [0.4, 0.5) is 4.39 Å². The molecule has 0 saturated heterocycles. The van der Waals surface area contributed by atoms with E-state index in [4.69, 9.17) is 5.73 Å². The van der Waals surface area contributed by atoms with Gasteiger partial charge in [-0.2, -0.15) is 0 Å². The van der Waals surface area contributed by atoms with Crippen molar-refractivity contribution < 1.29 is 4.39 Å². The lowest BCUT2D eigenvalue weighted by Gasteiger charge is -2.12. The predicted octanol–water partition coefficient (Wildman–Crippen LogP) is 2.73. The average molecular weight is 251 g/mol. The quantitative estimate of drug-likeness (QED) is 0.912. The highest BCUT2D eigenvalue weighted by molar-refractivity contribution is 7.99. The monoisotopic (exact) mass is 251 g/mol. The SMILES string of the molecule is CC(N)c1cc(F)ccc1Sc1nccn1C. The van der Waals surface area contributed by atoms with Gasteiger partial charge in [0.15, 0.2) is 5.16 Å². The van der Waals surface area contributed by atoms with E-state index >= 15 is 0 Å². The smallest absolute Gasteiger partial charge is 0.172 e. The van der Waals surface area contributed by atoms with Crippen molar-refractivity contribution in [2.24, 2.45) is 12.8 Å². The molecule has 1 heterocycles. The first-order chi connectivity index (χ1) is 8.08. The Bertz CT molecular complexity index is 522. The van der Waals surface area contributed by atoms with Crippen LogP contribution in [-0.4, -0.2) is 9.55 Å². The molecule has 0 aliphatic rings. The molecule has 1 aromatic carbocycles. The predicted molar refractivity (Wildman–Crippen MR) is 66.3 cm³/mol. The minimum absolute atomic E-state index is 0.200. The van der Waals surface area contributed by atoms with E-state index in [9.17, 15) is 4.39 Å². The van der Waals surface area contributed by atoms with Gasteiger partial charge in [0.25, 0.3) is 0 Å². The standard InChI is InChI=1S/C12H14FN3S/c1-8(14)10-7-9(13)3-4-11(10)17-12-15-5-6-16(12)2/h3-8H,14H2,1-2H3. The summed E-state index contributed by atoms with van der Waals surface area (Å²) < 4.78 is 15.1. The maximum Gasteiger partial charge on any atom is 0.172 e. The van der Waals surface area contributed by atoms with Gasteiger partial charge in [-0.25, -0.2) is 9.37 Å². The molecular formula is C12H14FN3S. The van der Waals surface area contributed by atoms with Crippen molar-refractivity contribution in [2.75, 3.05) is 0 Å². The molecular weight excluding hydrogens is 237 g/mol. The summed E-state index contributed by atoms with van der Waals surface area (Å²) in [6.07, 6.45) is 3.61. The summed E-state index contributed by atoms with van der Waals surface area (Å²) in [5, 5.41) is 0.860. The molecule has 0 radical (unpaired) electrons. The van der Waals surface area contributed by atoms with Gasteiger partial charge in [-0.05, 0) is 30.7 Å². The number of aromatic nitrogens is 2. The fourth-order valence-corrected chi connectivity index (χ4v) is 2.53. The number of halogens is 1. The van der Waals surface area contributed by atoms with Crippen LogP contribution in [0.1, 0.15) is 18.5 Å². The minimum atomic E-state index is -0.263. The topological polar surface area (TPSA) is 43.8 Å². The maximum absolute atomic E-state index is 13.2. The van der Waals surface area contributed by atoms with Crippen LogP contribution in [-0.2, 0) is 7.05 Å². The van der Waals surface area contributed by atoms with Crippen molar-refractivity contribution in [2.45, 2.75) is 23.0 Å². The van der Waals surface area contributed by atoms with E-state index < -0.39 is 0 Å². The van der Waals surface area contributed by atoms with Gasteiger partial charge in [-0.3, -0.25) is 0 Å². The van der Waals surface area contributed by atoms with E-state index in [1.54, 1.807) is 12.3 Å². The van der Waals surface area contributed by atoms with Gasteiger partial charge in [0, 0.05) is 30.4 Å². The molecule has 90 valence electrons. The van der Waals surface area contributed by atoms with Crippen molar-refractivity contribution in [1.82, 2.24) is 9.55 Å². The number of nitrogens with two attached hydrogens (primary N) is 1. The summed E-state index contributed by atoms with van der Waals surface area (Å²) in [4.78, 5) is 5.17. The van der Waals surface area contributed by atoms with Crippen LogP contribution >= 0.6 is 11.8 Å². The third kappa shape index (κ3) is 2.68. The van der Waals surface area contributed by atoms with Crippen molar-refractivity contribution in [3.05, 3.63) is 42.0 Å². The fraction of sp³-hybridized carbons (Fsp3) is 0.250. The summed E-state index contributed by atoms with van der Waals surface area (Å²) in [5.74, 6) is -0.263. The molecule has 0 amide bonds. The normalized spacial score (nSPS) is 12.7. The molecule has 0 bridgehead atoms. The van der Waals surface area contributed by atoms with Gasteiger partial charge < -0.3 is 10.3 Å². The molecule has 1 aromatic heterocycles. The Morgan fingerprint density at radius 1 is 1.47 bits per heavy atom. The molecule has 17 heavy (non-hydrogen) atoms. The molecule has 2 N–H and O–H groups in total. The molecule has 0 saturated carbocycles. The van der Waals surface area contributed by atoms with E-state index in [-0.39, 0.29) is 11.9 Å². The molecule has 1 atom stereocenters. The molecule has 0 aliphatic heterocycles. The van der Waals surface area contributed by atoms with E-state index in [1.807, 2.05) is 24.7 Å². The molecule has 1 unspecified atom stereocenters. The van der Waals surface area contributed by atoms with E-state index in [2.05, 4.69) is 4.98 Å². The largest absolute Gasteiger partial charge is 0.329 e. The first-order valence-corrected chi connectivity index (χ1v) is 6.10. The third-order valence-electron chi connectivity index (χ3n) is 2.44. The highest BCUT2D eigenvalue weighted by Gasteiger charge is 2.11. The zero-order valence-electron chi connectivity index (χ0n) is 9.72. The average Bonchev–Trinajstić information content (AvgIpc) is 2.67. The Kier molecular flexibility index (Phi) is 3.49. The second-order valence-electron chi connectivity index (χ2n) is 3.89. The van der Waals surface area contributed by atoms with Gasteiger partial charge in [0.2, 0.25) is 0 Å². The van der Waals surface area contributed by atoms with Gasteiger partial charge >= 0.3 is 0 Å². The van der Waals surface area contributed by atoms with Gasteiger partial charge in [-0.15, -0.1) is 0 Å². The van der Waals surface area contributed by atoms with Gasteiger partial charge in [0.1, 0.15) is 5.82 Å². The van der Waals surface area contributed by atoms with Gasteiger partial charge in [0.05, 0.1) is 0 Å². The summed E-state index contributed by atoms with van der Waals surface area (Å²) in [7, 11) is 1.92. The summed E-state index contributed by atoms with van der Waals surface area (Å²) in [6.45, 7) is 1.84. The Morgan fingerprint density at radius 2 is 2.24 bits per heavy atom. The van der Waals surface area contributed by atoms with Crippen LogP contribution in [0.25, 0.3) is 0 Å². The second-order valence-corrected chi connectivity index (χ2v) is 4.90. The summed E-state index contributed by atoms with van der Waals surface area (Å²) in [6, 6.07) is 4.47. The maximum atomic E-state index is 13.2. The van der Waals surface area contributed by atoms with Crippen LogP contribution in [0.2, 0.25) is 0 Å². The molecule has 2 aromatic rings. The lowest BCUT2D eigenvalue weighted by atomic mass is 10.1. The zero-order chi connectivity index (χ0) is 12.4. The number of rotatable bonds is 3. The molecule has 0 aliphatic carbocycles. The third-order valence-corrected chi connectivity index (χ3v) is 3.61. The second kappa shape index (κ2) is 4.89. The summed E-state index contributed by atoms with van der Waals surface area (Å²) in [5.41, 5.74) is 6.65. The Balaban J connectivity index is 2.36. The van der Waals surface area contributed by atoms with Crippen molar-refractivity contribution in [1.29, 1.82) is 0 Å². The number of benzene rings is 1. The van der Waals surface area contributed by atoms with Crippen LogP contribution in [0, 0.1) is 5.82 Å². The zero-order valence-corrected chi connectivity index (χ0v) is 10.5. The van der Waals surface area contributed by atoms with E-state index in [0.717, 1.165) is 15.6 Å². The van der Waals surface area contributed by atoms with E-state index in [0.29, 0.717) is 0 Å². The molecule has 2 rings (SSSR count). The minimum Gasteiger partial charge on any atom is -0.329 e.